The molecule has 86 valence electrons. The average molecular weight is 202 g/mol. The van der Waals surface area contributed by atoms with E-state index in [1.54, 1.807) is 6.92 Å². The summed E-state index contributed by atoms with van der Waals surface area (Å²) in [5.41, 5.74) is -0.928. The predicted octanol–water partition coefficient (Wildman–Crippen LogP) is 2.58. The van der Waals surface area contributed by atoms with Crippen LogP contribution in [0.3, 0.4) is 0 Å². The highest BCUT2D eigenvalue weighted by Crippen LogP contribution is 2.24. The van der Waals surface area contributed by atoms with Gasteiger partial charge in [0.1, 0.15) is 0 Å². The van der Waals surface area contributed by atoms with E-state index in [0.717, 1.165) is 6.42 Å². The first-order valence-electron chi connectivity index (χ1n) is 5.66. The van der Waals surface area contributed by atoms with E-state index in [9.17, 15) is 10.2 Å². The zero-order chi connectivity index (χ0) is 11.4. The Bertz CT molecular complexity index is 150. The lowest BCUT2D eigenvalue weighted by molar-refractivity contribution is -0.0783. The molecule has 2 atom stereocenters. The molecule has 0 bridgehead atoms. The Hall–Kier alpha value is -0.0800. The molecule has 0 saturated carbocycles. The molecule has 0 radical (unpaired) electrons. The second-order valence-corrected chi connectivity index (χ2v) is 5.44. The highest BCUT2D eigenvalue weighted by Gasteiger charge is 2.30. The van der Waals surface area contributed by atoms with Gasteiger partial charge >= 0.3 is 0 Å². The van der Waals surface area contributed by atoms with Gasteiger partial charge in [0.2, 0.25) is 0 Å². The monoisotopic (exact) mass is 202 g/mol. The van der Waals surface area contributed by atoms with Gasteiger partial charge in [-0.2, -0.15) is 0 Å². The fourth-order valence-electron chi connectivity index (χ4n) is 1.76. The summed E-state index contributed by atoms with van der Waals surface area (Å²) >= 11 is 0. The van der Waals surface area contributed by atoms with Gasteiger partial charge in [-0.25, -0.2) is 0 Å². The van der Waals surface area contributed by atoms with E-state index in [1.807, 2.05) is 0 Å². The Labute approximate surface area is 88.3 Å². The first-order valence-corrected chi connectivity index (χ1v) is 5.66. The fraction of sp³-hybridized carbons (Fsp3) is 1.00. The Morgan fingerprint density at radius 2 is 1.50 bits per heavy atom. The van der Waals surface area contributed by atoms with Gasteiger partial charge in [0.25, 0.3) is 0 Å². The summed E-state index contributed by atoms with van der Waals surface area (Å²) in [5.74, 6) is 0.998. The van der Waals surface area contributed by atoms with Crippen molar-refractivity contribution in [2.24, 2.45) is 11.8 Å². The van der Waals surface area contributed by atoms with Crippen LogP contribution < -0.4 is 0 Å². The Morgan fingerprint density at radius 1 is 1.00 bits per heavy atom. The van der Waals surface area contributed by atoms with E-state index in [2.05, 4.69) is 27.7 Å². The highest BCUT2D eigenvalue weighted by atomic mass is 16.3. The summed E-state index contributed by atoms with van der Waals surface area (Å²) in [6, 6.07) is 0. The van der Waals surface area contributed by atoms with Crippen molar-refractivity contribution in [1.82, 2.24) is 0 Å². The molecule has 14 heavy (non-hydrogen) atoms. The second-order valence-electron chi connectivity index (χ2n) is 5.44. The van der Waals surface area contributed by atoms with Crippen LogP contribution in [-0.4, -0.2) is 21.9 Å². The van der Waals surface area contributed by atoms with E-state index in [1.165, 1.54) is 0 Å². The summed E-state index contributed by atoms with van der Waals surface area (Å²) in [7, 11) is 0. The molecule has 0 fully saturated rings. The molecule has 2 nitrogen and oxygen atoms in total. The topological polar surface area (TPSA) is 40.5 Å². The standard InChI is InChI=1S/C12H26O2/c1-9(2)6-7-11(13)12(5,14)8-10(3)4/h9-11,13-14H,6-8H2,1-5H3. The first kappa shape index (κ1) is 13.9. The summed E-state index contributed by atoms with van der Waals surface area (Å²) < 4.78 is 0. The van der Waals surface area contributed by atoms with Crippen LogP contribution in [0.2, 0.25) is 0 Å². The number of aliphatic hydroxyl groups excluding tert-OH is 1. The van der Waals surface area contributed by atoms with E-state index in [-0.39, 0.29) is 0 Å². The normalized spacial score (nSPS) is 18.6. The molecule has 0 aromatic heterocycles. The van der Waals surface area contributed by atoms with Crippen LogP contribution in [0.1, 0.15) is 53.9 Å². The minimum absolute atomic E-state index is 0.415. The highest BCUT2D eigenvalue weighted by molar-refractivity contribution is 4.82. The van der Waals surface area contributed by atoms with Gasteiger partial charge in [0.05, 0.1) is 11.7 Å². The van der Waals surface area contributed by atoms with E-state index >= 15 is 0 Å². The molecule has 0 spiro atoms. The maximum Gasteiger partial charge on any atom is 0.0879 e. The molecular formula is C12H26O2. The smallest absolute Gasteiger partial charge is 0.0879 e. The van der Waals surface area contributed by atoms with E-state index < -0.39 is 11.7 Å². The molecule has 0 amide bonds. The molecule has 0 aromatic rings. The molecule has 0 aliphatic heterocycles. The average Bonchev–Trinajstić information content (AvgIpc) is 1.97. The minimum Gasteiger partial charge on any atom is -0.390 e. The van der Waals surface area contributed by atoms with Gasteiger partial charge < -0.3 is 10.2 Å². The SMILES string of the molecule is CC(C)CCC(O)C(C)(O)CC(C)C. The van der Waals surface area contributed by atoms with Gasteiger partial charge in [-0.1, -0.05) is 27.7 Å². The first-order chi connectivity index (χ1) is 6.25. The van der Waals surface area contributed by atoms with Crippen molar-refractivity contribution in [3.8, 4) is 0 Å². The minimum atomic E-state index is -0.928. The van der Waals surface area contributed by atoms with Crippen molar-refractivity contribution >= 4 is 0 Å². The van der Waals surface area contributed by atoms with Crippen LogP contribution in [-0.2, 0) is 0 Å². The number of aliphatic hydroxyl groups is 2. The van der Waals surface area contributed by atoms with Crippen molar-refractivity contribution in [3.05, 3.63) is 0 Å². The molecule has 0 aliphatic carbocycles. The maximum atomic E-state index is 10.0. The van der Waals surface area contributed by atoms with Crippen LogP contribution >= 0.6 is 0 Å². The number of hydrogen-bond donors (Lipinski definition) is 2. The lowest BCUT2D eigenvalue weighted by Crippen LogP contribution is -2.40. The van der Waals surface area contributed by atoms with Gasteiger partial charge in [-0.05, 0) is 38.0 Å². The molecule has 2 heteroatoms. The summed E-state index contributed by atoms with van der Waals surface area (Å²) in [4.78, 5) is 0. The summed E-state index contributed by atoms with van der Waals surface area (Å²) in [5, 5.41) is 19.8. The Morgan fingerprint density at radius 3 is 1.86 bits per heavy atom. The molecule has 0 aliphatic rings. The van der Waals surface area contributed by atoms with Gasteiger partial charge in [-0.15, -0.1) is 0 Å². The number of hydrogen-bond acceptors (Lipinski definition) is 2. The van der Waals surface area contributed by atoms with Crippen molar-refractivity contribution in [2.75, 3.05) is 0 Å². The zero-order valence-corrected chi connectivity index (χ0v) is 10.2. The molecule has 0 rings (SSSR count). The van der Waals surface area contributed by atoms with Gasteiger partial charge in [-0.3, -0.25) is 0 Å². The van der Waals surface area contributed by atoms with Crippen LogP contribution in [0.5, 0.6) is 0 Å². The van der Waals surface area contributed by atoms with Gasteiger partial charge in [0.15, 0.2) is 0 Å². The van der Waals surface area contributed by atoms with E-state index in [4.69, 9.17) is 0 Å². The molecule has 0 heterocycles. The van der Waals surface area contributed by atoms with Crippen molar-refractivity contribution in [1.29, 1.82) is 0 Å². The number of rotatable bonds is 6. The largest absolute Gasteiger partial charge is 0.390 e. The molecule has 0 aromatic carbocycles. The predicted molar refractivity (Wildman–Crippen MR) is 60.2 cm³/mol. The molecular weight excluding hydrogens is 176 g/mol. The summed E-state index contributed by atoms with van der Waals surface area (Å²) in [6.45, 7) is 10.1. The van der Waals surface area contributed by atoms with Crippen LogP contribution in [0.25, 0.3) is 0 Å². The molecule has 2 N–H and O–H groups in total. The maximum absolute atomic E-state index is 10.0. The van der Waals surface area contributed by atoms with Crippen LogP contribution in [0, 0.1) is 11.8 Å². The third-order valence-electron chi connectivity index (χ3n) is 2.56. The zero-order valence-electron chi connectivity index (χ0n) is 10.2. The quantitative estimate of drug-likeness (QED) is 0.695. The third kappa shape index (κ3) is 5.61. The summed E-state index contributed by atoms with van der Waals surface area (Å²) in [6.07, 6.45) is 1.73. The van der Waals surface area contributed by atoms with E-state index in [0.29, 0.717) is 24.7 Å². The van der Waals surface area contributed by atoms with Crippen molar-refractivity contribution in [2.45, 2.75) is 65.6 Å². The second kappa shape index (κ2) is 5.72. The Kier molecular flexibility index (Phi) is 5.68. The lowest BCUT2D eigenvalue weighted by Gasteiger charge is -2.31. The fourth-order valence-corrected chi connectivity index (χ4v) is 1.76. The van der Waals surface area contributed by atoms with Gasteiger partial charge in [0, 0.05) is 0 Å². The van der Waals surface area contributed by atoms with Crippen molar-refractivity contribution < 1.29 is 10.2 Å². The molecule has 0 saturated heterocycles. The van der Waals surface area contributed by atoms with Crippen LogP contribution in [0.4, 0.5) is 0 Å². The Balaban J connectivity index is 4.00. The lowest BCUT2D eigenvalue weighted by atomic mass is 9.86. The van der Waals surface area contributed by atoms with Crippen molar-refractivity contribution in [3.63, 3.8) is 0 Å². The molecule has 2 unspecified atom stereocenters. The van der Waals surface area contributed by atoms with Crippen LogP contribution in [0.15, 0.2) is 0 Å². The third-order valence-corrected chi connectivity index (χ3v) is 2.56.